The number of hydrogen-bond acceptors (Lipinski definition) is 6. The lowest BCUT2D eigenvalue weighted by Crippen LogP contribution is -2.60. The fourth-order valence-electron chi connectivity index (χ4n) is 5.22. The molecule has 2 amide bonds. The molecular weight excluding hydrogens is 520 g/mol. The molecule has 1 fully saturated rings. The number of ketones is 1. The fraction of sp³-hybridized carbons (Fsp3) is 0.562. The number of amides is 2. The summed E-state index contributed by atoms with van der Waals surface area (Å²) in [5.41, 5.74) is 0.879. The van der Waals surface area contributed by atoms with Crippen molar-refractivity contribution in [2.75, 3.05) is 39.3 Å². The third-order valence-electron chi connectivity index (χ3n) is 7.46. The van der Waals surface area contributed by atoms with E-state index in [-0.39, 0.29) is 11.7 Å². The number of pyridine rings is 1. The molecule has 3 rings (SSSR count). The standard InChI is InChI=1S/C32H46N4O5/c1-5-6-7-9-29(37)26-10-12-27(13-11-26)41-23-8-18-34-19-21-35(22-20-34)30(38)28(24-25-14-16-33-17-15-25)36(31(39)40)32(2,3)4/h10-17,28H,5-9,18-24H2,1-4H3,(H,39,40)/t28-/m0/s1. The summed E-state index contributed by atoms with van der Waals surface area (Å²) in [5, 5.41) is 10.0. The van der Waals surface area contributed by atoms with Crippen molar-refractivity contribution in [2.45, 2.75) is 77.8 Å². The highest BCUT2D eigenvalue weighted by Gasteiger charge is 2.40. The van der Waals surface area contributed by atoms with Crippen LogP contribution in [0.3, 0.4) is 0 Å². The highest BCUT2D eigenvalue weighted by atomic mass is 16.5. The summed E-state index contributed by atoms with van der Waals surface area (Å²) in [7, 11) is 0. The number of Topliss-reactive ketones (excluding diaryl/α,β-unsaturated/α-hetero) is 1. The molecule has 1 aliphatic rings. The number of hydrogen-bond donors (Lipinski definition) is 1. The molecular formula is C32H46N4O5. The number of rotatable bonds is 14. The van der Waals surface area contributed by atoms with Gasteiger partial charge in [-0.1, -0.05) is 19.8 Å². The molecule has 2 aromatic rings. The molecule has 2 heterocycles. The number of carboxylic acid groups (broad SMARTS) is 1. The second kappa shape index (κ2) is 15.5. The maximum atomic E-state index is 13.7. The van der Waals surface area contributed by atoms with Crippen LogP contribution >= 0.6 is 0 Å². The minimum absolute atomic E-state index is 0.158. The van der Waals surface area contributed by atoms with Crippen LogP contribution in [0.1, 0.15) is 75.7 Å². The summed E-state index contributed by atoms with van der Waals surface area (Å²) >= 11 is 0. The molecule has 224 valence electrons. The minimum Gasteiger partial charge on any atom is -0.494 e. The molecule has 1 aliphatic heterocycles. The number of unbranched alkanes of at least 4 members (excludes halogenated alkanes) is 2. The van der Waals surface area contributed by atoms with E-state index in [2.05, 4.69) is 16.8 Å². The van der Waals surface area contributed by atoms with Crippen molar-refractivity contribution in [1.29, 1.82) is 0 Å². The number of carbonyl (C=O) groups is 3. The van der Waals surface area contributed by atoms with Crippen LogP contribution in [0.5, 0.6) is 5.75 Å². The van der Waals surface area contributed by atoms with Crippen molar-refractivity contribution in [3.05, 3.63) is 59.9 Å². The van der Waals surface area contributed by atoms with Gasteiger partial charge in [0.05, 0.1) is 6.61 Å². The van der Waals surface area contributed by atoms with Gasteiger partial charge in [-0.2, -0.15) is 0 Å². The molecule has 9 nitrogen and oxygen atoms in total. The second-order valence-corrected chi connectivity index (χ2v) is 11.7. The van der Waals surface area contributed by atoms with Gasteiger partial charge < -0.3 is 14.7 Å². The maximum absolute atomic E-state index is 13.7. The van der Waals surface area contributed by atoms with Crippen molar-refractivity contribution in [2.24, 2.45) is 0 Å². The lowest BCUT2D eigenvalue weighted by molar-refractivity contribution is -0.140. The van der Waals surface area contributed by atoms with Crippen LogP contribution in [0.2, 0.25) is 0 Å². The summed E-state index contributed by atoms with van der Waals surface area (Å²) in [6.07, 6.45) is 7.06. The van der Waals surface area contributed by atoms with Gasteiger partial charge in [0, 0.05) is 69.1 Å². The van der Waals surface area contributed by atoms with E-state index in [1.807, 2.05) is 57.2 Å². The first-order valence-electron chi connectivity index (χ1n) is 14.8. The number of nitrogens with zero attached hydrogens (tertiary/aromatic N) is 4. The van der Waals surface area contributed by atoms with E-state index >= 15 is 0 Å². The first kappa shape index (κ1) is 32.1. The van der Waals surface area contributed by atoms with Crippen molar-refractivity contribution in [3.8, 4) is 5.75 Å². The van der Waals surface area contributed by atoms with Gasteiger partial charge >= 0.3 is 6.09 Å². The normalized spacial score (nSPS) is 14.9. The van der Waals surface area contributed by atoms with Gasteiger partial charge in [0.2, 0.25) is 5.91 Å². The Bertz CT molecular complexity index is 1110. The Morgan fingerprint density at radius 1 is 0.976 bits per heavy atom. The number of piperazine rings is 1. The third-order valence-corrected chi connectivity index (χ3v) is 7.46. The summed E-state index contributed by atoms with van der Waals surface area (Å²) in [5.74, 6) is 0.780. The first-order valence-corrected chi connectivity index (χ1v) is 14.8. The summed E-state index contributed by atoms with van der Waals surface area (Å²) in [4.78, 5) is 47.7. The van der Waals surface area contributed by atoms with Crippen molar-refractivity contribution >= 4 is 17.8 Å². The minimum atomic E-state index is -1.10. The van der Waals surface area contributed by atoms with E-state index in [1.165, 1.54) is 4.90 Å². The maximum Gasteiger partial charge on any atom is 0.408 e. The van der Waals surface area contributed by atoms with Gasteiger partial charge in [-0.15, -0.1) is 0 Å². The molecule has 1 N–H and O–H groups in total. The van der Waals surface area contributed by atoms with Crippen LogP contribution in [0, 0.1) is 0 Å². The number of carbonyl (C=O) groups excluding carboxylic acids is 2. The largest absolute Gasteiger partial charge is 0.494 e. The quantitative estimate of drug-likeness (QED) is 0.249. The van der Waals surface area contributed by atoms with Crippen LogP contribution in [-0.2, 0) is 11.2 Å². The third kappa shape index (κ3) is 9.85. The van der Waals surface area contributed by atoms with Crippen molar-refractivity contribution < 1.29 is 24.2 Å². The van der Waals surface area contributed by atoms with Crippen molar-refractivity contribution in [1.82, 2.24) is 19.7 Å². The number of aromatic nitrogens is 1. The average molecular weight is 567 g/mol. The van der Waals surface area contributed by atoms with Crippen LogP contribution in [0.15, 0.2) is 48.8 Å². The molecule has 1 aromatic heterocycles. The molecule has 0 spiro atoms. The van der Waals surface area contributed by atoms with Gasteiger partial charge in [-0.3, -0.25) is 24.4 Å². The van der Waals surface area contributed by atoms with E-state index in [1.54, 1.807) is 17.3 Å². The smallest absolute Gasteiger partial charge is 0.408 e. The lowest BCUT2D eigenvalue weighted by atomic mass is 9.97. The predicted molar refractivity (Wildman–Crippen MR) is 159 cm³/mol. The van der Waals surface area contributed by atoms with Gasteiger partial charge in [0.1, 0.15) is 11.8 Å². The predicted octanol–water partition coefficient (Wildman–Crippen LogP) is 5.15. The molecule has 1 aromatic carbocycles. The van der Waals surface area contributed by atoms with E-state index < -0.39 is 17.7 Å². The highest BCUT2D eigenvalue weighted by molar-refractivity contribution is 5.96. The highest BCUT2D eigenvalue weighted by Crippen LogP contribution is 2.23. The van der Waals surface area contributed by atoms with Crippen LogP contribution in [-0.4, -0.2) is 93.5 Å². The van der Waals surface area contributed by atoms with E-state index in [4.69, 9.17) is 4.74 Å². The van der Waals surface area contributed by atoms with Gasteiger partial charge in [-0.05, 0) is 75.6 Å². The molecule has 0 aliphatic carbocycles. The summed E-state index contributed by atoms with van der Waals surface area (Å²) in [6, 6.07) is 10.2. The molecule has 1 saturated heterocycles. The molecule has 41 heavy (non-hydrogen) atoms. The summed E-state index contributed by atoms with van der Waals surface area (Å²) < 4.78 is 5.89. The zero-order valence-corrected chi connectivity index (χ0v) is 25.1. The Morgan fingerprint density at radius 2 is 1.63 bits per heavy atom. The number of benzene rings is 1. The number of ether oxygens (including phenoxy) is 1. The SMILES string of the molecule is CCCCCC(=O)c1ccc(OCCCN2CCN(C(=O)[C@H](Cc3ccncc3)N(C(=O)O)C(C)(C)C)CC2)cc1. The van der Waals surface area contributed by atoms with E-state index in [0.29, 0.717) is 32.5 Å². The Labute approximate surface area is 244 Å². The second-order valence-electron chi connectivity index (χ2n) is 11.7. The first-order chi connectivity index (χ1) is 19.6. The summed E-state index contributed by atoms with van der Waals surface area (Å²) in [6.45, 7) is 11.6. The molecule has 0 saturated carbocycles. The van der Waals surface area contributed by atoms with Crippen molar-refractivity contribution in [3.63, 3.8) is 0 Å². The van der Waals surface area contributed by atoms with Gasteiger partial charge in [-0.25, -0.2) is 4.79 Å². The Balaban J connectivity index is 1.47. The monoisotopic (exact) mass is 566 g/mol. The molecule has 9 heteroatoms. The van der Waals surface area contributed by atoms with E-state index in [0.717, 1.165) is 62.2 Å². The Morgan fingerprint density at radius 3 is 2.22 bits per heavy atom. The molecule has 1 atom stereocenters. The Hall–Kier alpha value is -3.46. The zero-order chi connectivity index (χ0) is 29.8. The van der Waals surface area contributed by atoms with Crippen LogP contribution in [0.4, 0.5) is 4.79 Å². The zero-order valence-electron chi connectivity index (χ0n) is 25.1. The lowest BCUT2D eigenvalue weighted by Gasteiger charge is -2.42. The van der Waals surface area contributed by atoms with Gasteiger partial charge in [0.15, 0.2) is 5.78 Å². The van der Waals surface area contributed by atoms with Crippen LogP contribution in [0.25, 0.3) is 0 Å². The molecule has 0 radical (unpaired) electrons. The molecule has 0 bridgehead atoms. The van der Waals surface area contributed by atoms with E-state index in [9.17, 15) is 19.5 Å². The Kier molecular flexibility index (Phi) is 12.1. The fourth-order valence-corrected chi connectivity index (χ4v) is 5.22. The topological polar surface area (TPSA) is 103 Å². The average Bonchev–Trinajstić information content (AvgIpc) is 2.95. The molecule has 0 unspecified atom stereocenters. The van der Waals surface area contributed by atoms with Crippen LogP contribution < -0.4 is 4.74 Å². The van der Waals surface area contributed by atoms with Gasteiger partial charge in [0.25, 0.3) is 0 Å².